The van der Waals surface area contributed by atoms with E-state index in [0.29, 0.717) is 11.1 Å². The number of rotatable bonds is 5. The molecule has 8 nitrogen and oxygen atoms in total. The van der Waals surface area contributed by atoms with E-state index >= 15 is 0 Å². The van der Waals surface area contributed by atoms with Gasteiger partial charge in [-0.25, -0.2) is 4.39 Å². The molecule has 1 heterocycles. The number of carbonyl (C=O) groups is 3. The van der Waals surface area contributed by atoms with Crippen LogP contribution in [-0.4, -0.2) is 58.3 Å². The summed E-state index contributed by atoms with van der Waals surface area (Å²) in [5.74, 6) is 1.21. The van der Waals surface area contributed by atoms with E-state index in [0.717, 1.165) is 0 Å². The van der Waals surface area contributed by atoms with Gasteiger partial charge in [-0.05, 0) is 69.5 Å². The maximum Gasteiger partial charge on any atom is 0.597 e. The van der Waals surface area contributed by atoms with Crippen molar-refractivity contribution in [3.8, 4) is 18.1 Å². The Hall–Kier alpha value is -4.19. The van der Waals surface area contributed by atoms with Crippen LogP contribution in [0.3, 0.4) is 0 Å². The van der Waals surface area contributed by atoms with Crippen LogP contribution < -0.4 is 10.5 Å². The second kappa shape index (κ2) is 10.6. The fraction of sp³-hybridized carbons (Fsp3) is 0.333. The molecule has 0 bridgehead atoms. The van der Waals surface area contributed by atoms with Crippen LogP contribution in [0.4, 0.5) is 9.18 Å². The maximum atomic E-state index is 14.4. The van der Waals surface area contributed by atoms with Gasteiger partial charge in [-0.1, -0.05) is 12.1 Å². The number of primary amides is 1. The van der Waals surface area contributed by atoms with Crippen molar-refractivity contribution in [2.75, 3.05) is 19.6 Å². The third kappa shape index (κ3) is 6.27. The zero-order chi connectivity index (χ0) is 26.6. The normalized spacial score (nSPS) is 14.6. The molecule has 1 aliphatic heterocycles. The number of benzene rings is 2. The zero-order valence-corrected chi connectivity index (χ0v) is 20.7. The SMILES string of the molecule is C#CC1=[N+](C(=O)OC(C)(C)C)CCN(C(=O)[C@H](Oc2ccc(C(N)=O)cc2)c2ccc(C)c(F)c2)C1. The number of amides is 3. The van der Waals surface area contributed by atoms with E-state index in [2.05, 4.69) is 5.92 Å². The van der Waals surface area contributed by atoms with Gasteiger partial charge in [-0.15, -0.1) is 11.0 Å². The molecule has 1 aliphatic rings. The molecule has 9 heteroatoms. The lowest BCUT2D eigenvalue weighted by atomic mass is 10.0. The Morgan fingerprint density at radius 3 is 2.39 bits per heavy atom. The van der Waals surface area contributed by atoms with Crippen molar-refractivity contribution in [2.45, 2.75) is 39.4 Å². The minimum atomic E-state index is -1.20. The topological polar surface area (TPSA) is 102 Å². The summed E-state index contributed by atoms with van der Waals surface area (Å²) < 4.78 is 27.1. The second-order valence-corrected chi connectivity index (χ2v) is 9.38. The van der Waals surface area contributed by atoms with Gasteiger partial charge in [-0.2, -0.15) is 4.79 Å². The summed E-state index contributed by atoms with van der Waals surface area (Å²) in [5.41, 5.74) is 5.85. The van der Waals surface area contributed by atoms with E-state index in [1.165, 1.54) is 39.8 Å². The first-order valence-electron chi connectivity index (χ1n) is 11.3. The summed E-state index contributed by atoms with van der Waals surface area (Å²) in [6, 6.07) is 10.4. The Morgan fingerprint density at radius 1 is 1.17 bits per heavy atom. The van der Waals surface area contributed by atoms with Crippen molar-refractivity contribution in [1.82, 2.24) is 4.90 Å². The maximum absolute atomic E-state index is 14.4. The predicted molar refractivity (Wildman–Crippen MR) is 131 cm³/mol. The van der Waals surface area contributed by atoms with Crippen LogP contribution >= 0.6 is 0 Å². The molecule has 2 aromatic carbocycles. The third-order valence-electron chi connectivity index (χ3n) is 5.47. The lowest BCUT2D eigenvalue weighted by Crippen LogP contribution is -2.51. The van der Waals surface area contributed by atoms with Crippen molar-refractivity contribution in [2.24, 2.45) is 5.73 Å². The van der Waals surface area contributed by atoms with Crippen LogP contribution in [0.15, 0.2) is 42.5 Å². The minimum absolute atomic E-state index is 0.0244. The number of terminal acetylenes is 1. The molecule has 0 saturated heterocycles. The van der Waals surface area contributed by atoms with Gasteiger partial charge in [-0.3, -0.25) is 9.59 Å². The Morgan fingerprint density at radius 2 is 1.83 bits per heavy atom. The van der Waals surface area contributed by atoms with Crippen LogP contribution in [0.25, 0.3) is 0 Å². The van der Waals surface area contributed by atoms with Crippen molar-refractivity contribution >= 4 is 23.6 Å². The molecule has 0 saturated carbocycles. The first-order valence-corrected chi connectivity index (χ1v) is 11.3. The van der Waals surface area contributed by atoms with Gasteiger partial charge in [0.25, 0.3) is 11.6 Å². The summed E-state index contributed by atoms with van der Waals surface area (Å²) >= 11 is 0. The number of hydrogen-bond acceptors (Lipinski definition) is 5. The van der Waals surface area contributed by atoms with Crippen molar-refractivity contribution in [3.05, 3.63) is 65.0 Å². The van der Waals surface area contributed by atoms with Gasteiger partial charge >= 0.3 is 6.09 Å². The number of nitrogens with two attached hydrogens (primary N) is 1. The third-order valence-corrected chi connectivity index (χ3v) is 5.47. The number of hydrogen-bond donors (Lipinski definition) is 1. The highest BCUT2D eigenvalue weighted by Crippen LogP contribution is 2.26. The molecular formula is C27H29FN3O5+. The van der Waals surface area contributed by atoms with E-state index in [1.54, 1.807) is 39.8 Å². The van der Waals surface area contributed by atoms with Crippen molar-refractivity contribution in [1.29, 1.82) is 0 Å². The highest BCUT2D eigenvalue weighted by Gasteiger charge is 2.38. The van der Waals surface area contributed by atoms with Crippen molar-refractivity contribution < 1.29 is 32.8 Å². The Bertz CT molecular complexity index is 1260. The predicted octanol–water partition coefficient (Wildman–Crippen LogP) is 3.22. The number of nitrogens with zero attached hydrogens (tertiary/aromatic N) is 2. The van der Waals surface area contributed by atoms with Crippen LogP contribution in [0, 0.1) is 25.1 Å². The molecule has 0 unspecified atom stereocenters. The van der Waals surface area contributed by atoms with E-state index in [1.807, 2.05) is 0 Å². The largest absolute Gasteiger partial charge is 0.597 e. The van der Waals surface area contributed by atoms with Gasteiger partial charge in [0.05, 0.1) is 6.54 Å². The molecule has 0 radical (unpaired) electrons. The van der Waals surface area contributed by atoms with Crippen LogP contribution in [-0.2, 0) is 9.53 Å². The molecule has 0 spiro atoms. The standard InChI is InChI=1S/C27H28FN3O5/c1-6-20-16-30(13-14-31(20)26(34)36-27(3,4)5)25(33)23(19-8-7-17(2)22(28)15-19)35-21-11-9-18(10-12-21)24(29)32/h1,7-12,15,23H,13-14,16H2,2-5H3,(H-,29,32)/p+1/t23-/m1/s1. The van der Waals surface area contributed by atoms with E-state index in [-0.39, 0.29) is 36.7 Å². The van der Waals surface area contributed by atoms with Gasteiger partial charge in [0.15, 0.2) is 6.54 Å². The second-order valence-electron chi connectivity index (χ2n) is 9.38. The molecule has 1 atom stereocenters. The number of carbonyl (C=O) groups excluding carboxylic acids is 3. The molecule has 2 N–H and O–H groups in total. The Kier molecular flexibility index (Phi) is 7.78. The average molecular weight is 495 g/mol. The quantitative estimate of drug-likeness (QED) is 0.508. The summed E-state index contributed by atoms with van der Waals surface area (Å²) in [6.07, 6.45) is 3.86. The first-order chi connectivity index (χ1) is 16.9. The Labute approximate surface area is 209 Å². The van der Waals surface area contributed by atoms with Crippen LogP contribution in [0.2, 0.25) is 0 Å². The minimum Gasteiger partial charge on any atom is -0.476 e. The number of aryl methyl sites for hydroxylation is 1. The van der Waals surface area contributed by atoms with Gasteiger partial charge < -0.3 is 20.1 Å². The highest BCUT2D eigenvalue weighted by atomic mass is 19.1. The average Bonchev–Trinajstić information content (AvgIpc) is 2.82. The van der Waals surface area contributed by atoms with Gasteiger partial charge in [0.2, 0.25) is 12.0 Å². The molecule has 0 fully saturated rings. The lowest BCUT2D eigenvalue weighted by Gasteiger charge is -2.29. The van der Waals surface area contributed by atoms with Gasteiger partial charge in [0, 0.05) is 11.1 Å². The van der Waals surface area contributed by atoms with E-state index in [9.17, 15) is 18.8 Å². The van der Waals surface area contributed by atoms with E-state index in [4.69, 9.17) is 21.6 Å². The summed E-state index contributed by atoms with van der Waals surface area (Å²) in [4.78, 5) is 39.0. The fourth-order valence-electron chi connectivity index (χ4n) is 3.56. The molecule has 36 heavy (non-hydrogen) atoms. The molecule has 3 amide bonds. The Balaban J connectivity index is 1.91. The van der Waals surface area contributed by atoms with Crippen LogP contribution in [0.1, 0.15) is 48.4 Å². The van der Waals surface area contributed by atoms with Gasteiger partial charge in [0.1, 0.15) is 23.7 Å². The number of ether oxygens (including phenoxy) is 2. The molecule has 2 aromatic rings. The highest BCUT2D eigenvalue weighted by molar-refractivity contribution is 6.02. The molecule has 3 rings (SSSR count). The molecular weight excluding hydrogens is 465 g/mol. The zero-order valence-electron chi connectivity index (χ0n) is 20.7. The summed E-state index contributed by atoms with van der Waals surface area (Å²) in [5, 5.41) is 0. The lowest BCUT2D eigenvalue weighted by molar-refractivity contribution is -0.456. The number of halogens is 1. The van der Waals surface area contributed by atoms with Crippen molar-refractivity contribution in [3.63, 3.8) is 0 Å². The van der Waals surface area contributed by atoms with E-state index < -0.39 is 35.4 Å². The fourth-order valence-corrected chi connectivity index (χ4v) is 3.56. The summed E-state index contributed by atoms with van der Waals surface area (Å²) in [6.45, 7) is 7.13. The molecule has 0 aromatic heterocycles. The smallest absolute Gasteiger partial charge is 0.476 e. The first kappa shape index (κ1) is 26.4. The molecule has 188 valence electrons. The van der Waals surface area contributed by atoms with Crippen LogP contribution in [0.5, 0.6) is 5.75 Å². The summed E-state index contributed by atoms with van der Waals surface area (Å²) in [7, 11) is 0. The molecule has 0 aliphatic carbocycles. The monoisotopic (exact) mass is 494 g/mol.